The van der Waals surface area contributed by atoms with Crippen LogP contribution in [0, 0.1) is 0 Å². The first-order valence-electron chi connectivity index (χ1n) is 5.23. The number of methoxy groups -OCH3 is 1. The highest BCUT2D eigenvalue weighted by molar-refractivity contribution is 7.17. The maximum atomic E-state index is 11.1. The van der Waals surface area contributed by atoms with Crippen molar-refractivity contribution in [2.24, 2.45) is 5.73 Å². The molecule has 3 N–H and O–H groups in total. The van der Waals surface area contributed by atoms with Crippen molar-refractivity contribution in [3.8, 4) is 16.3 Å². The molecule has 0 saturated heterocycles. The van der Waals surface area contributed by atoms with Crippen molar-refractivity contribution in [3.05, 3.63) is 34.8 Å². The summed E-state index contributed by atoms with van der Waals surface area (Å²) >= 11 is 1.10. The molecule has 0 amide bonds. The van der Waals surface area contributed by atoms with Gasteiger partial charge in [0.15, 0.2) is 0 Å². The Morgan fingerprint density at radius 1 is 1.50 bits per heavy atom. The zero-order valence-electron chi connectivity index (χ0n) is 9.71. The molecule has 0 bridgehead atoms. The minimum absolute atomic E-state index is 0.104. The third kappa shape index (κ3) is 2.20. The molecule has 0 aliphatic carbocycles. The van der Waals surface area contributed by atoms with E-state index in [-0.39, 0.29) is 11.4 Å². The topological polar surface area (TPSA) is 85.4 Å². The largest absolute Gasteiger partial charge is 0.496 e. The van der Waals surface area contributed by atoms with Gasteiger partial charge in [-0.2, -0.15) is 0 Å². The number of aromatic nitrogens is 1. The molecule has 1 aromatic heterocycles. The molecule has 0 radical (unpaired) electrons. The third-order valence-corrected chi connectivity index (χ3v) is 3.54. The quantitative estimate of drug-likeness (QED) is 0.881. The Labute approximate surface area is 108 Å². The Morgan fingerprint density at radius 3 is 2.78 bits per heavy atom. The third-order valence-electron chi connectivity index (χ3n) is 2.42. The van der Waals surface area contributed by atoms with Gasteiger partial charge in [0.25, 0.3) is 0 Å². The van der Waals surface area contributed by atoms with Gasteiger partial charge in [-0.15, -0.1) is 11.3 Å². The second-order valence-electron chi connectivity index (χ2n) is 3.50. The lowest BCUT2D eigenvalue weighted by Gasteiger charge is -2.04. The lowest BCUT2D eigenvalue weighted by Crippen LogP contribution is -2.04. The molecule has 0 spiro atoms. The fraction of sp³-hybridized carbons (Fsp3) is 0.167. The average molecular weight is 264 g/mol. The molecule has 0 unspecified atom stereocenters. The van der Waals surface area contributed by atoms with Crippen molar-refractivity contribution < 1.29 is 14.6 Å². The minimum atomic E-state index is -1.01. The van der Waals surface area contributed by atoms with E-state index in [0.717, 1.165) is 16.9 Å². The van der Waals surface area contributed by atoms with Gasteiger partial charge in [0.1, 0.15) is 15.6 Å². The number of rotatable bonds is 4. The number of carboxylic acid groups (broad SMARTS) is 1. The summed E-state index contributed by atoms with van der Waals surface area (Å²) < 4.78 is 5.23. The number of hydrogen-bond acceptors (Lipinski definition) is 5. The lowest BCUT2D eigenvalue weighted by molar-refractivity contribution is 0.0700. The summed E-state index contributed by atoms with van der Waals surface area (Å²) in [6.07, 6.45) is 0. The SMILES string of the molecule is COc1ccccc1-c1nc(CN)c(C(=O)O)s1. The van der Waals surface area contributed by atoms with E-state index in [9.17, 15) is 4.79 Å². The first-order valence-corrected chi connectivity index (χ1v) is 6.05. The summed E-state index contributed by atoms with van der Waals surface area (Å²) in [5.41, 5.74) is 6.67. The molecule has 0 aliphatic heterocycles. The minimum Gasteiger partial charge on any atom is -0.496 e. The van der Waals surface area contributed by atoms with Gasteiger partial charge in [-0.1, -0.05) is 12.1 Å². The maximum Gasteiger partial charge on any atom is 0.347 e. The van der Waals surface area contributed by atoms with Crippen LogP contribution in [0.2, 0.25) is 0 Å². The van der Waals surface area contributed by atoms with Gasteiger partial charge < -0.3 is 15.6 Å². The second-order valence-corrected chi connectivity index (χ2v) is 4.50. The summed E-state index contributed by atoms with van der Waals surface area (Å²) in [5.74, 6) is -0.346. The normalized spacial score (nSPS) is 10.3. The van der Waals surface area contributed by atoms with E-state index in [4.69, 9.17) is 15.6 Å². The van der Waals surface area contributed by atoms with E-state index in [1.54, 1.807) is 13.2 Å². The van der Waals surface area contributed by atoms with Crippen molar-refractivity contribution in [1.29, 1.82) is 0 Å². The van der Waals surface area contributed by atoms with Gasteiger partial charge in [-0.3, -0.25) is 0 Å². The van der Waals surface area contributed by atoms with Crippen LogP contribution in [-0.2, 0) is 6.54 Å². The molecule has 6 heteroatoms. The van der Waals surface area contributed by atoms with E-state index in [2.05, 4.69) is 4.98 Å². The number of ether oxygens (including phenoxy) is 1. The highest BCUT2D eigenvalue weighted by Crippen LogP contribution is 2.34. The van der Waals surface area contributed by atoms with E-state index >= 15 is 0 Å². The summed E-state index contributed by atoms with van der Waals surface area (Å²) in [5, 5.41) is 9.67. The smallest absolute Gasteiger partial charge is 0.347 e. The van der Waals surface area contributed by atoms with Crippen LogP contribution in [0.25, 0.3) is 10.6 Å². The van der Waals surface area contributed by atoms with Crippen LogP contribution in [0.15, 0.2) is 24.3 Å². The van der Waals surface area contributed by atoms with Gasteiger partial charge in [0, 0.05) is 6.54 Å². The lowest BCUT2D eigenvalue weighted by atomic mass is 10.2. The Bertz CT molecular complexity index is 580. The number of carboxylic acids is 1. The highest BCUT2D eigenvalue weighted by atomic mass is 32.1. The van der Waals surface area contributed by atoms with E-state index < -0.39 is 5.97 Å². The molecular weight excluding hydrogens is 252 g/mol. The summed E-state index contributed by atoms with van der Waals surface area (Å²) in [4.78, 5) is 15.5. The predicted octanol–water partition coefficient (Wildman–Crippen LogP) is 1.98. The van der Waals surface area contributed by atoms with E-state index in [1.165, 1.54) is 0 Å². The molecule has 1 aromatic carbocycles. The Hall–Kier alpha value is -1.92. The number of nitrogens with zero attached hydrogens (tertiary/aromatic N) is 1. The predicted molar refractivity (Wildman–Crippen MR) is 69.0 cm³/mol. The van der Waals surface area contributed by atoms with Crippen LogP contribution in [0.3, 0.4) is 0 Å². The molecule has 0 atom stereocenters. The molecular formula is C12H12N2O3S. The van der Waals surface area contributed by atoms with Crippen LogP contribution in [0.4, 0.5) is 0 Å². The van der Waals surface area contributed by atoms with Gasteiger partial charge in [-0.05, 0) is 12.1 Å². The summed E-state index contributed by atoms with van der Waals surface area (Å²) in [6.45, 7) is 0.104. The second kappa shape index (κ2) is 5.16. The van der Waals surface area contributed by atoms with Gasteiger partial charge in [0.2, 0.25) is 0 Å². The number of hydrogen-bond donors (Lipinski definition) is 2. The molecule has 5 nitrogen and oxygen atoms in total. The number of aromatic carboxylic acids is 1. The number of para-hydroxylation sites is 1. The van der Waals surface area contributed by atoms with E-state index in [0.29, 0.717) is 16.5 Å². The van der Waals surface area contributed by atoms with Crippen molar-refractivity contribution >= 4 is 17.3 Å². The Morgan fingerprint density at radius 2 is 2.22 bits per heavy atom. The molecule has 2 rings (SSSR count). The number of carbonyl (C=O) groups is 1. The van der Waals surface area contributed by atoms with Gasteiger partial charge in [0.05, 0.1) is 18.4 Å². The first kappa shape index (κ1) is 12.5. The van der Waals surface area contributed by atoms with Crippen molar-refractivity contribution in [3.63, 3.8) is 0 Å². The Kier molecular flexibility index (Phi) is 3.59. The fourth-order valence-electron chi connectivity index (χ4n) is 1.59. The van der Waals surface area contributed by atoms with Crippen LogP contribution < -0.4 is 10.5 Å². The Balaban J connectivity index is 2.54. The van der Waals surface area contributed by atoms with Crippen molar-refractivity contribution in [1.82, 2.24) is 4.98 Å². The molecule has 0 saturated carbocycles. The first-order chi connectivity index (χ1) is 8.67. The summed E-state index contributed by atoms with van der Waals surface area (Å²) in [6, 6.07) is 7.34. The van der Waals surface area contributed by atoms with Crippen LogP contribution >= 0.6 is 11.3 Å². The average Bonchev–Trinajstić information content (AvgIpc) is 2.82. The van der Waals surface area contributed by atoms with Crippen molar-refractivity contribution in [2.75, 3.05) is 7.11 Å². The monoisotopic (exact) mass is 264 g/mol. The fourth-order valence-corrected chi connectivity index (χ4v) is 2.56. The van der Waals surface area contributed by atoms with E-state index in [1.807, 2.05) is 18.2 Å². The molecule has 1 heterocycles. The number of nitrogens with two attached hydrogens (primary N) is 1. The van der Waals surface area contributed by atoms with Gasteiger partial charge >= 0.3 is 5.97 Å². The number of thiazole rings is 1. The zero-order chi connectivity index (χ0) is 13.1. The van der Waals surface area contributed by atoms with Crippen molar-refractivity contribution in [2.45, 2.75) is 6.54 Å². The van der Waals surface area contributed by atoms with Crippen LogP contribution in [0.5, 0.6) is 5.75 Å². The molecule has 94 valence electrons. The molecule has 0 aliphatic rings. The summed E-state index contributed by atoms with van der Waals surface area (Å²) in [7, 11) is 1.56. The number of benzene rings is 1. The zero-order valence-corrected chi connectivity index (χ0v) is 10.5. The van der Waals surface area contributed by atoms with Gasteiger partial charge in [-0.25, -0.2) is 9.78 Å². The van der Waals surface area contributed by atoms with Crippen LogP contribution in [-0.4, -0.2) is 23.2 Å². The molecule has 0 fully saturated rings. The molecule has 2 aromatic rings. The van der Waals surface area contributed by atoms with Crippen LogP contribution in [0.1, 0.15) is 15.4 Å². The maximum absolute atomic E-state index is 11.1. The highest BCUT2D eigenvalue weighted by Gasteiger charge is 2.18. The standard InChI is InChI=1S/C12H12N2O3S/c1-17-9-5-3-2-4-7(9)11-14-8(6-13)10(18-11)12(15)16/h2-5H,6,13H2,1H3,(H,15,16). The molecule has 18 heavy (non-hydrogen) atoms.